The Morgan fingerprint density at radius 2 is 2.08 bits per heavy atom. The van der Waals surface area contributed by atoms with Crippen molar-refractivity contribution in [3.63, 3.8) is 0 Å². The highest BCUT2D eigenvalue weighted by atomic mass is 32.1. The van der Waals surface area contributed by atoms with Gasteiger partial charge in [0.2, 0.25) is 6.79 Å². The normalized spacial score (nSPS) is 24.0. The number of carbonyl (C=O) groups is 1. The molecule has 124 valence electrons. The minimum absolute atomic E-state index is 0.0264. The van der Waals surface area contributed by atoms with E-state index in [9.17, 15) is 4.79 Å². The van der Waals surface area contributed by atoms with Gasteiger partial charge in [-0.15, -0.1) is 11.3 Å². The Morgan fingerprint density at radius 1 is 1.21 bits per heavy atom. The summed E-state index contributed by atoms with van der Waals surface area (Å²) in [4.78, 5) is 14.1. The molecule has 1 aromatic heterocycles. The van der Waals surface area contributed by atoms with Crippen molar-refractivity contribution in [2.24, 2.45) is 5.92 Å². The fourth-order valence-electron chi connectivity index (χ4n) is 3.72. The molecule has 0 bridgehead atoms. The number of amides is 1. The van der Waals surface area contributed by atoms with Crippen LogP contribution in [0.15, 0.2) is 18.2 Å². The van der Waals surface area contributed by atoms with Gasteiger partial charge in [-0.3, -0.25) is 4.79 Å². The molecule has 3 heterocycles. The molecule has 2 aliphatic heterocycles. The Kier molecular flexibility index (Phi) is 3.03. The zero-order valence-electron chi connectivity index (χ0n) is 13.3. The van der Waals surface area contributed by atoms with Crippen LogP contribution in [-0.2, 0) is 12.8 Å². The SMILES string of the molecule is C[C@@H]1CCc2c(sc3c2C(=O)N[C@H](c2ccc4c(c2)OCO4)N3)C1. The van der Waals surface area contributed by atoms with Crippen molar-refractivity contribution in [1.29, 1.82) is 0 Å². The van der Waals surface area contributed by atoms with E-state index in [1.54, 1.807) is 11.3 Å². The van der Waals surface area contributed by atoms with Crippen molar-refractivity contribution in [3.8, 4) is 11.5 Å². The van der Waals surface area contributed by atoms with E-state index < -0.39 is 0 Å². The Hall–Kier alpha value is -2.21. The summed E-state index contributed by atoms with van der Waals surface area (Å²) in [5, 5.41) is 7.59. The van der Waals surface area contributed by atoms with E-state index in [0.29, 0.717) is 5.92 Å². The van der Waals surface area contributed by atoms with Crippen molar-refractivity contribution in [1.82, 2.24) is 5.32 Å². The topological polar surface area (TPSA) is 59.6 Å². The van der Waals surface area contributed by atoms with Gasteiger partial charge in [-0.25, -0.2) is 0 Å². The van der Waals surface area contributed by atoms with E-state index >= 15 is 0 Å². The van der Waals surface area contributed by atoms with Crippen LogP contribution in [0.3, 0.4) is 0 Å². The lowest BCUT2D eigenvalue weighted by molar-refractivity contribution is 0.0935. The molecule has 0 saturated carbocycles. The summed E-state index contributed by atoms with van der Waals surface area (Å²) in [6.45, 7) is 2.54. The fraction of sp³-hybridized carbons (Fsp3) is 0.389. The number of hydrogen-bond acceptors (Lipinski definition) is 5. The van der Waals surface area contributed by atoms with Crippen LogP contribution in [-0.4, -0.2) is 12.7 Å². The standard InChI is InChI=1S/C18H18N2O3S/c1-9-2-4-11-14(6-9)24-18-15(11)17(21)19-16(20-18)10-3-5-12-13(7-10)23-8-22-12/h3,5,7,9,16,20H,2,4,6,8H2,1H3,(H,19,21)/t9-,16+/m1/s1. The van der Waals surface area contributed by atoms with Gasteiger partial charge in [0, 0.05) is 4.88 Å². The number of ether oxygens (including phenoxy) is 2. The van der Waals surface area contributed by atoms with Crippen LogP contribution in [0.25, 0.3) is 0 Å². The quantitative estimate of drug-likeness (QED) is 0.833. The highest BCUT2D eigenvalue weighted by molar-refractivity contribution is 7.16. The van der Waals surface area contributed by atoms with E-state index in [2.05, 4.69) is 17.6 Å². The molecule has 1 aromatic carbocycles. The predicted octanol–water partition coefficient (Wildman–Crippen LogP) is 3.46. The minimum Gasteiger partial charge on any atom is -0.454 e. The van der Waals surface area contributed by atoms with E-state index in [0.717, 1.165) is 46.9 Å². The summed E-state index contributed by atoms with van der Waals surface area (Å²) < 4.78 is 10.8. The van der Waals surface area contributed by atoms with Crippen LogP contribution in [0.1, 0.15) is 45.9 Å². The first-order valence-electron chi connectivity index (χ1n) is 8.30. The number of anilines is 1. The molecule has 1 aliphatic carbocycles. The highest BCUT2D eigenvalue weighted by Gasteiger charge is 2.33. The number of fused-ring (bicyclic) bond motifs is 4. The summed E-state index contributed by atoms with van der Waals surface area (Å²) >= 11 is 1.74. The molecular formula is C18H18N2O3S. The summed E-state index contributed by atoms with van der Waals surface area (Å²) in [6, 6.07) is 5.79. The second-order valence-corrected chi connectivity index (χ2v) is 7.82. The molecule has 24 heavy (non-hydrogen) atoms. The molecular weight excluding hydrogens is 324 g/mol. The first kappa shape index (κ1) is 14.2. The van der Waals surface area contributed by atoms with Crippen molar-refractivity contribution < 1.29 is 14.3 Å². The smallest absolute Gasteiger partial charge is 0.256 e. The molecule has 6 heteroatoms. The third-order valence-electron chi connectivity index (χ3n) is 5.02. The highest BCUT2D eigenvalue weighted by Crippen LogP contribution is 2.43. The van der Waals surface area contributed by atoms with Crippen LogP contribution in [0.2, 0.25) is 0 Å². The van der Waals surface area contributed by atoms with Crippen molar-refractivity contribution in [2.45, 2.75) is 32.4 Å². The number of benzene rings is 1. The van der Waals surface area contributed by atoms with Gasteiger partial charge in [0.1, 0.15) is 11.2 Å². The summed E-state index contributed by atoms with van der Waals surface area (Å²) in [5.74, 6) is 2.21. The van der Waals surface area contributed by atoms with E-state index in [4.69, 9.17) is 9.47 Å². The van der Waals surface area contributed by atoms with Crippen molar-refractivity contribution in [3.05, 3.63) is 39.8 Å². The van der Waals surface area contributed by atoms with Crippen LogP contribution >= 0.6 is 11.3 Å². The zero-order chi connectivity index (χ0) is 16.3. The van der Waals surface area contributed by atoms with Gasteiger partial charge in [0.25, 0.3) is 5.91 Å². The van der Waals surface area contributed by atoms with Crippen LogP contribution < -0.4 is 20.1 Å². The lowest BCUT2D eigenvalue weighted by Gasteiger charge is -2.27. The molecule has 0 radical (unpaired) electrons. The number of hydrogen-bond donors (Lipinski definition) is 2. The lowest BCUT2D eigenvalue weighted by Crippen LogP contribution is -2.38. The number of thiophene rings is 1. The molecule has 5 rings (SSSR count). The van der Waals surface area contributed by atoms with Gasteiger partial charge in [-0.1, -0.05) is 13.0 Å². The molecule has 0 fully saturated rings. The van der Waals surface area contributed by atoms with Crippen LogP contribution in [0.4, 0.5) is 5.00 Å². The third kappa shape index (κ3) is 2.09. The Labute approximate surface area is 144 Å². The Balaban J connectivity index is 1.50. The average molecular weight is 342 g/mol. The first-order valence-corrected chi connectivity index (χ1v) is 9.12. The molecule has 0 spiro atoms. The molecule has 2 atom stereocenters. The number of rotatable bonds is 1. The predicted molar refractivity (Wildman–Crippen MR) is 91.9 cm³/mol. The largest absolute Gasteiger partial charge is 0.454 e. The fourth-order valence-corrected chi connectivity index (χ4v) is 5.16. The van der Waals surface area contributed by atoms with E-state index in [-0.39, 0.29) is 18.9 Å². The van der Waals surface area contributed by atoms with E-state index in [1.807, 2.05) is 18.2 Å². The lowest BCUT2D eigenvalue weighted by atomic mass is 9.88. The molecule has 0 saturated heterocycles. The van der Waals surface area contributed by atoms with Gasteiger partial charge in [-0.05, 0) is 48.4 Å². The molecule has 2 N–H and O–H groups in total. The van der Waals surface area contributed by atoms with Gasteiger partial charge in [0.15, 0.2) is 11.5 Å². The van der Waals surface area contributed by atoms with Crippen LogP contribution in [0, 0.1) is 5.92 Å². The molecule has 3 aliphatic rings. The second kappa shape index (κ2) is 5.14. The number of nitrogens with one attached hydrogen (secondary N) is 2. The average Bonchev–Trinajstić information content (AvgIpc) is 3.17. The van der Waals surface area contributed by atoms with Gasteiger partial charge in [-0.2, -0.15) is 0 Å². The third-order valence-corrected chi connectivity index (χ3v) is 6.21. The number of carbonyl (C=O) groups excluding carboxylic acids is 1. The van der Waals surface area contributed by atoms with Gasteiger partial charge in [0.05, 0.1) is 5.56 Å². The van der Waals surface area contributed by atoms with Crippen molar-refractivity contribution in [2.75, 3.05) is 12.1 Å². The first-order chi connectivity index (χ1) is 11.7. The maximum atomic E-state index is 12.7. The van der Waals surface area contributed by atoms with Gasteiger partial charge >= 0.3 is 0 Å². The minimum atomic E-state index is -0.239. The molecule has 0 unspecified atom stereocenters. The summed E-state index contributed by atoms with van der Waals surface area (Å²) in [6.07, 6.45) is 3.01. The molecule has 5 nitrogen and oxygen atoms in total. The van der Waals surface area contributed by atoms with Crippen molar-refractivity contribution >= 4 is 22.2 Å². The second-order valence-electron chi connectivity index (χ2n) is 6.72. The molecule has 1 amide bonds. The maximum absolute atomic E-state index is 12.7. The zero-order valence-corrected chi connectivity index (χ0v) is 14.2. The summed E-state index contributed by atoms with van der Waals surface area (Å²) in [5.41, 5.74) is 3.08. The Morgan fingerprint density at radius 3 is 3.00 bits per heavy atom. The van der Waals surface area contributed by atoms with Gasteiger partial charge < -0.3 is 20.1 Å². The maximum Gasteiger partial charge on any atom is 0.256 e. The van der Waals surface area contributed by atoms with E-state index in [1.165, 1.54) is 10.4 Å². The molecule has 2 aromatic rings. The summed E-state index contributed by atoms with van der Waals surface area (Å²) in [7, 11) is 0. The Bertz CT molecular complexity index is 845. The monoisotopic (exact) mass is 342 g/mol. The van der Waals surface area contributed by atoms with Crippen LogP contribution in [0.5, 0.6) is 11.5 Å².